The molecule has 1 N–H and O–H groups in total. The Morgan fingerprint density at radius 3 is 2.75 bits per heavy atom. The molecule has 0 aliphatic heterocycles. The number of aryl methyl sites for hydroxylation is 2. The van der Waals surface area contributed by atoms with Crippen LogP contribution in [0.2, 0.25) is 5.02 Å². The zero-order valence-electron chi connectivity index (χ0n) is 13.4. The second-order valence-corrected chi connectivity index (χ2v) is 7.01. The fourth-order valence-electron chi connectivity index (χ4n) is 2.07. The largest absolute Gasteiger partial charge is 0.323 e. The van der Waals surface area contributed by atoms with Crippen LogP contribution in [-0.4, -0.2) is 16.1 Å². The van der Waals surface area contributed by atoms with Crippen LogP contribution in [-0.2, 0) is 4.79 Å². The van der Waals surface area contributed by atoms with E-state index in [-0.39, 0.29) is 16.6 Å². The Morgan fingerprint density at radius 1 is 1.42 bits per heavy atom. The number of halogens is 2. The number of carbonyl (C=O) groups is 1. The van der Waals surface area contributed by atoms with Crippen molar-refractivity contribution in [2.24, 2.45) is 0 Å². The summed E-state index contributed by atoms with van der Waals surface area (Å²) in [5, 5.41) is 12.0. The van der Waals surface area contributed by atoms with E-state index in [9.17, 15) is 14.4 Å². The first-order chi connectivity index (χ1) is 11.3. The number of hydrogen-bond acceptors (Lipinski definition) is 4. The van der Waals surface area contributed by atoms with E-state index in [4.69, 9.17) is 11.6 Å². The minimum absolute atomic E-state index is 0.0609. The average molecular weight is 364 g/mol. The molecule has 1 unspecified atom stereocenters. The van der Waals surface area contributed by atoms with E-state index in [1.54, 1.807) is 6.92 Å². The number of thioether (sulfide) groups is 1. The normalized spacial score (nSPS) is 11.7. The van der Waals surface area contributed by atoms with E-state index in [1.165, 1.54) is 23.9 Å². The molecule has 0 aliphatic carbocycles. The summed E-state index contributed by atoms with van der Waals surface area (Å²) in [7, 11) is 0. The highest BCUT2D eigenvalue weighted by molar-refractivity contribution is 8.00. The second-order valence-electron chi connectivity index (χ2n) is 5.25. The fraction of sp³-hybridized carbons (Fsp3) is 0.235. The topological polar surface area (TPSA) is 65.8 Å². The van der Waals surface area contributed by atoms with Crippen LogP contribution < -0.4 is 5.32 Å². The Hall–Kier alpha value is -2.10. The Balaban J connectivity index is 2.16. The van der Waals surface area contributed by atoms with Crippen LogP contribution in [0.5, 0.6) is 0 Å². The van der Waals surface area contributed by atoms with Gasteiger partial charge >= 0.3 is 0 Å². The van der Waals surface area contributed by atoms with Crippen LogP contribution in [0.25, 0.3) is 0 Å². The number of pyridine rings is 1. The van der Waals surface area contributed by atoms with Crippen molar-refractivity contribution in [3.05, 3.63) is 51.9 Å². The standard InChI is InChI=1S/C17H15ClFN3OS/c1-9-6-10(2)21-17(13(9)8-20)24-11(3)16(23)22-15-5-4-12(18)7-14(15)19/h4-7,11H,1-3H3,(H,22,23). The van der Waals surface area contributed by atoms with Gasteiger partial charge in [0.2, 0.25) is 5.91 Å². The maximum absolute atomic E-state index is 13.8. The molecule has 0 radical (unpaired) electrons. The summed E-state index contributed by atoms with van der Waals surface area (Å²) < 4.78 is 13.8. The maximum Gasteiger partial charge on any atom is 0.237 e. The Bertz CT molecular complexity index is 835. The fourth-order valence-corrected chi connectivity index (χ4v) is 3.25. The molecule has 1 amide bonds. The zero-order chi connectivity index (χ0) is 17.9. The molecule has 0 bridgehead atoms. The van der Waals surface area contributed by atoms with Gasteiger partial charge in [0, 0.05) is 10.7 Å². The van der Waals surface area contributed by atoms with E-state index in [0.717, 1.165) is 17.3 Å². The quantitative estimate of drug-likeness (QED) is 0.813. The van der Waals surface area contributed by atoms with Gasteiger partial charge in [-0.15, -0.1) is 0 Å². The maximum atomic E-state index is 13.8. The van der Waals surface area contributed by atoms with Gasteiger partial charge in [0.1, 0.15) is 16.9 Å². The van der Waals surface area contributed by atoms with Crippen molar-refractivity contribution in [1.82, 2.24) is 4.98 Å². The lowest BCUT2D eigenvalue weighted by Gasteiger charge is -2.14. The third kappa shape index (κ3) is 4.25. The zero-order valence-corrected chi connectivity index (χ0v) is 14.9. The van der Waals surface area contributed by atoms with E-state index in [0.29, 0.717) is 10.6 Å². The van der Waals surface area contributed by atoms with Gasteiger partial charge in [0.15, 0.2) is 0 Å². The first-order valence-electron chi connectivity index (χ1n) is 7.12. The van der Waals surface area contributed by atoms with Gasteiger partial charge in [0.05, 0.1) is 16.5 Å². The number of anilines is 1. The lowest BCUT2D eigenvalue weighted by Crippen LogP contribution is -2.23. The average Bonchev–Trinajstić information content (AvgIpc) is 2.49. The molecule has 0 aliphatic rings. The molecule has 1 aromatic carbocycles. The monoisotopic (exact) mass is 363 g/mol. The van der Waals surface area contributed by atoms with Gasteiger partial charge in [-0.25, -0.2) is 9.37 Å². The minimum atomic E-state index is -0.602. The van der Waals surface area contributed by atoms with Crippen LogP contribution >= 0.6 is 23.4 Å². The van der Waals surface area contributed by atoms with Crippen LogP contribution in [0.1, 0.15) is 23.7 Å². The number of rotatable bonds is 4. The lowest BCUT2D eigenvalue weighted by molar-refractivity contribution is -0.115. The second kappa shape index (κ2) is 7.65. The minimum Gasteiger partial charge on any atom is -0.323 e. The highest BCUT2D eigenvalue weighted by atomic mass is 35.5. The molecule has 1 heterocycles. The molecule has 0 saturated carbocycles. The van der Waals surface area contributed by atoms with E-state index in [2.05, 4.69) is 16.4 Å². The highest BCUT2D eigenvalue weighted by Crippen LogP contribution is 2.28. The molecule has 1 aromatic heterocycles. The summed E-state index contributed by atoms with van der Waals surface area (Å²) in [6, 6.07) is 7.96. The number of hydrogen-bond donors (Lipinski definition) is 1. The van der Waals surface area contributed by atoms with Crippen molar-refractivity contribution >= 4 is 35.0 Å². The van der Waals surface area contributed by atoms with Gasteiger partial charge in [-0.3, -0.25) is 4.79 Å². The summed E-state index contributed by atoms with van der Waals surface area (Å²) in [4.78, 5) is 16.6. The van der Waals surface area contributed by atoms with E-state index < -0.39 is 11.1 Å². The number of amides is 1. The Morgan fingerprint density at radius 2 is 2.12 bits per heavy atom. The highest BCUT2D eigenvalue weighted by Gasteiger charge is 2.20. The molecule has 0 fully saturated rings. The first kappa shape index (κ1) is 18.2. The Labute approximate surface area is 149 Å². The van der Waals surface area contributed by atoms with Gasteiger partial charge in [-0.2, -0.15) is 5.26 Å². The molecule has 4 nitrogen and oxygen atoms in total. The van der Waals surface area contributed by atoms with Gasteiger partial charge in [0.25, 0.3) is 0 Å². The summed E-state index contributed by atoms with van der Waals surface area (Å²) in [5.74, 6) is -0.985. The summed E-state index contributed by atoms with van der Waals surface area (Å²) in [6.07, 6.45) is 0. The van der Waals surface area contributed by atoms with Crippen molar-refractivity contribution in [1.29, 1.82) is 5.26 Å². The van der Waals surface area contributed by atoms with Crippen LogP contribution in [0, 0.1) is 31.0 Å². The molecular weight excluding hydrogens is 349 g/mol. The lowest BCUT2D eigenvalue weighted by atomic mass is 10.1. The molecule has 24 heavy (non-hydrogen) atoms. The van der Waals surface area contributed by atoms with Crippen molar-refractivity contribution < 1.29 is 9.18 Å². The summed E-state index contributed by atoms with van der Waals surface area (Å²) >= 11 is 6.86. The van der Waals surface area contributed by atoms with E-state index in [1.807, 2.05) is 19.9 Å². The van der Waals surface area contributed by atoms with Gasteiger partial charge < -0.3 is 5.32 Å². The number of nitriles is 1. The van der Waals surface area contributed by atoms with Crippen LogP contribution in [0.15, 0.2) is 29.3 Å². The number of benzene rings is 1. The molecule has 1 atom stereocenters. The van der Waals surface area contributed by atoms with Crippen molar-refractivity contribution in [3.8, 4) is 6.07 Å². The number of aromatic nitrogens is 1. The third-order valence-electron chi connectivity index (χ3n) is 3.27. The molecular formula is C17H15ClFN3OS. The van der Waals surface area contributed by atoms with Crippen molar-refractivity contribution in [3.63, 3.8) is 0 Å². The van der Waals surface area contributed by atoms with E-state index >= 15 is 0 Å². The molecule has 2 aromatic rings. The number of nitrogens with one attached hydrogen (secondary N) is 1. The predicted octanol–water partition coefficient (Wildman–Crippen LogP) is 4.48. The molecule has 0 saturated heterocycles. The Kier molecular flexibility index (Phi) is 5.81. The molecule has 7 heteroatoms. The van der Waals surface area contributed by atoms with Gasteiger partial charge in [-0.05, 0) is 50.6 Å². The number of nitrogens with zero attached hydrogens (tertiary/aromatic N) is 2. The number of carbonyl (C=O) groups excluding carboxylic acids is 1. The first-order valence-corrected chi connectivity index (χ1v) is 8.38. The van der Waals surface area contributed by atoms with Crippen molar-refractivity contribution in [2.75, 3.05) is 5.32 Å². The van der Waals surface area contributed by atoms with Crippen molar-refractivity contribution in [2.45, 2.75) is 31.0 Å². The third-order valence-corrected chi connectivity index (χ3v) is 4.59. The summed E-state index contributed by atoms with van der Waals surface area (Å²) in [6.45, 7) is 5.32. The van der Waals surface area contributed by atoms with Crippen LogP contribution in [0.3, 0.4) is 0 Å². The molecule has 0 spiro atoms. The molecule has 2 rings (SSSR count). The van der Waals surface area contributed by atoms with Gasteiger partial charge in [-0.1, -0.05) is 23.4 Å². The van der Waals surface area contributed by atoms with Crippen LogP contribution in [0.4, 0.5) is 10.1 Å². The SMILES string of the molecule is Cc1cc(C)c(C#N)c(SC(C)C(=O)Nc2ccc(Cl)cc2F)n1. The smallest absolute Gasteiger partial charge is 0.237 e. The predicted molar refractivity (Wildman–Crippen MR) is 93.8 cm³/mol. The molecule has 124 valence electrons. The summed E-state index contributed by atoms with van der Waals surface area (Å²) in [5.41, 5.74) is 2.09.